The fourth-order valence-corrected chi connectivity index (χ4v) is 2.15. The summed E-state index contributed by atoms with van der Waals surface area (Å²) in [4.78, 5) is 22.8. The molecule has 0 aliphatic carbocycles. The van der Waals surface area contributed by atoms with Gasteiger partial charge in [-0.15, -0.1) is 0 Å². The molecule has 0 radical (unpaired) electrons. The van der Waals surface area contributed by atoms with E-state index >= 15 is 0 Å². The Kier molecular flexibility index (Phi) is 4.68. The zero-order valence-electron chi connectivity index (χ0n) is 13.7. The fraction of sp³-hybridized carbons (Fsp3) is 0.500. The zero-order chi connectivity index (χ0) is 17.2. The Morgan fingerprint density at radius 3 is 2.57 bits per heavy atom. The number of alkyl carbamates (subject to hydrolysis) is 1. The van der Waals surface area contributed by atoms with Gasteiger partial charge >= 0.3 is 12.4 Å². The van der Waals surface area contributed by atoms with Crippen molar-refractivity contribution in [2.75, 3.05) is 0 Å². The Hall–Kier alpha value is -2.44. The van der Waals surface area contributed by atoms with Gasteiger partial charge in [0.25, 0.3) is 5.91 Å². The molecule has 2 atom stereocenters. The second-order valence-electron chi connectivity index (χ2n) is 6.50. The zero-order valence-corrected chi connectivity index (χ0v) is 13.7. The second kappa shape index (κ2) is 6.36. The number of hydrogen-bond donors (Lipinski definition) is 2. The minimum absolute atomic E-state index is 0.128. The predicted molar refractivity (Wildman–Crippen MR) is 83.2 cm³/mol. The highest BCUT2D eigenvalue weighted by molar-refractivity contribution is 5.79. The number of ether oxygens (including phenoxy) is 3. The van der Waals surface area contributed by atoms with Gasteiger partial charge in [-0.3, -0.25) is 4.79 Å². The lowest BCUT2D eigenvalue weighted by atomic mass is 10.1. The van der Waals surface area contributed by atoms with Gasteiger partial charge in [-0.2, -0.15) is 0 Å². The number of primary amides is 1. The van der Waals surface area contributed by atoms with Crippen LogP contribution in [0.4, 0.5) is 4.79 Å². The summed E-state index contributed by atoms with van der Waals surface area (Å²) in [6.45, 7) is 7.30. The minimum atomic E-state index is -1.09. The lowest BCUT2D eigenvalue weighted by molar-refractivity contribution is -0.133. The van der Waals surface area contributed by atoms with E-state index in [-0.39, 0.29) is 6.04 Å². The van der Waals surface area contributed by atoms with Crippen LogP contribution in [0.15, 0.2) is 18.2 Å². The van der Waals surface area contributed by atoms with Crippen molar-refractivity contribution >= 4 is 12.0 Å². The molecule has 0 bridgehead atoms. The summed E-state index contributed by atoms with van der Waals surface area (Å²) in [5, 5.41) is 2.77. The molecular weight excluding hydrogens is 300 g/mol. The number of carbonyl (C=O) groups excluding carboxylic acids is 2. The van der Waals surface area contributed by atoms with E-state index in [2.05, 4.69) is 5.32 Å². The van der Waals surface area contributed by atoms with Gasteiger partial charge in [0.1, 0.15) is 5.60 Å². The average Bonchev–Trinajstić information content (AvgIpc) is 2.79. The summed E-state index contributed by atoms with van der Waals surface area (Å²) in [5.41, 5.74) is 5.55. The van der Waals surface area contributed by atoms with Crippen molar-refractivity contribution in [3.05, 3.63) is 23.8 Å². The van der Waals surface area contributed by atoms with E-state index in [9.17, 15) is 9.59 Å². The number of hydrogen-bond acceptors (Lipinski definition) is 5. The maximum absolute atomic E-state index is 11.7. The first kappa shape index (κ1) is 16.9. The van der Waals surface area contributed by atoms with Gasteiger partial charge in [0, 0.05) is 6.04 Å². The molecule has 1 aliphatic rings. The maximum atomic E-state index is 11.7. The normalized spacial score (nSPS) is 17.5. The molecule has 23 heavy (non-hydrogen) atoms. The van der Waals surface area contributed by atoms with Gasteiger partial charge in [0.05, 0.1) is 0 Å². The van der Waals surface area contributed by atoms with Crippen molar-refractivity contribution in [3.63, 3.8) is 0 Å². The summed E-state index contributed by atoms with van der Waals surface area (Å²) in [5.74, 6) is 0.267. The topological polar surface area (TPSA) is 99.9 Å². The van der Waals surface area contributed by atoms with Crippen molar-refractivity contribution in [1.29, 1.82) is 0 Å². The maximum Gasteiger partial charge on any atom is 0.407 e. The van der Waals surface area contributed by atoms with Gasteiger partial charge in [-0.1, -0.05) is 6.07 Å². The molecule has 1 aromatic carbocycles. The Bertz CT molecular complexity index is 609. The van der Waals surface area contributed by atoms with Gasteiger partial charge < -0.3 is 25.3 Å². The molecule has 1 heterocycles. The third-order valence-electron chi connectivity index (χ3n) is 3.01. The van der Waals surface area contributed by atoms with Crippen LogP contribution < -0.4 is 20.5 Å². The third kappa shape index (κ3) is 4.77. The first-order valence-corrected chi connectivity index (χ1v) is 7.39. The Labute approximate surface area is 135 Å². The van der Waals surface area contributed by atoms with E-state index in [1.165, 1.54) is 0 Å². The van der Waals surface area contributed by atoms with Gasteiger partial charge in [-0.25, -0.2) is 4.79 Å². The van der Waals surface area contributed by atoms with Crippen LogP contribution in [0.2, 0.25) is 0 Å². The molecule has 0 spiro atoms. The van der Waals surface area contributed by atoms with E-state index in [0.717, 1.165) is 5.56 Å². The molecule has 0 saturated heterocycles. The molecule has 7 heteroatoms. The molecule has 1 aliphatic heterocycles. The summed E-state index contributed by atoms with van der Waals surface area (Å²) in [6, 6.07) is 5.20. The van der Waals surface area contributed by atoms with E-state index in [1.807, 2.05) is 33.8 Å². The van der Waals surface area contributed by atoms with Crippen LogP contribution in [-0.2, 0) is 16.0 Å². The molecule has 1 aromatic rings. The van der Waals surface area contributed by atoms with Crippen molar-refractivity contribution in [2.45, 2.75) is 52.0 Å². The van der Waals surface area contributed by atoms with Crippen molar-refractivity contribution in [2.24, 2.45) is 5.73 Å². The number of nitrogens with two attached hydrogens (primary N) is 1. The lowest BCUT2D eigenvalue weighted by Crippen LogP contribution is -2.38. The van der Waals surface area contributed by atoms with Crippen molar-refractivity contribution in [1.82, 2.24) is 5.32 Å². The first-order chi connectivity index (χ1) is 10.6. The van der Waals surface area contributed by atoms with Gasteiger partial charge in [0.2, 0.25) is 0 Å². The van der Waals surface area contributed by atoms with E-state index in [4.69, 9.17) is 19.9 Å². The molecule has 0 fully saturated rings. The number of carbonyl (C=O) groups is 2. The van der Waals surface area contributed by atoms with Crippen LogP contribution in [0.5, 0.6) is 11.5 Å². The van der Waals surface area contributed by atoms with Gasteiger partial charge in [0.15, 0.2) is 11.5 Å². The van der Waals surface area contributed by atoms with Crippen LogP contribution in [0.3, 0.4) is 0 Å². The molecule has 2 rings (SSSR count). The number of amides is 2. The fourth-order valence-electron chi connectivity index (χ4n) is 2.15. The number of fused-ring (bicyclic) bond motifs is 1. The monoisotopic (exact) mass is 322 g/mol. The quantitative estimate of drug-likeness (QED) is 0.879. The Morgan fingerprint density at radius 2 is 1.96 bits per heavy atom. The average molecular weight is 322 g/mol. The molecule has 2 unspecified atom stereocenters. The second-order valence-corrected chi connectivity index (χ2v) is 6.50. The summed E-state index contributed by atoms with van der Waals surface area (Å²) < 4.78 is 15.8. The van der Waals surface area contributed by atoms with Crippen LogP contribution in [0.1, 0.15) is 33.3 Å². The van der Waals surface area contributed by atoms with Crippen molar-refractivity contribution in [3.8, 4) is 11.5 Å². The van der Waals surface area contributed by atoms with E-state index in [1.54, 1.807) is 12.1 Å². The Balaban J connectivity index is 1.93. The first-order valence-electron chi connectivity index (χ1n) is 7.39. The predicted octanol–water partition coefficient (Wildman–Crippen LogP) is 1.72. The van der Waals surface area contributed by atoms with Crippen LogP contribution >= 0.6 is 0 Å². The van der Waals surface area contributed by atoms with Crippen molar-refractivity contribution < 1.29 is 23.8 Å². The van der Waals surface area contributed by atoms with Crippen LogP contribution in [0.25, 0.3) is 0 Å². The number of benzene rings is 1. The molecule has 0 saturated carbocycles. The highest BCUT2D eigenvalue weighted by Gasteiger charge is 2.29. The number of nitrogens with one attached hydrogen (secondary N) is 1. The summed E-state index contributed by atoms with van der Waals surface area (Å²) >= 11 is 0. The lowest BCUT2D eigenvalue weighted by Gasteiger charge is -2.22. The van der Waals surface area contributed by atoms with E-state index in [0.29, 0.717) is 17.9 Å². The minimum Gasteiger partial charge on any atom is -0.444 e. The van der Waals surface area contributed by atoms with Crippen LogP contribution in [-0.4, -0.2) is 29.9 Å². The van der Waals surface area contributed by atoms with Gasteiger partial charge in [-0.05, 0) is 51.8 Å². The van der Waals surface area contributed by atoms with Crippen LogP contribution in [0, 0.1) is 0 Å². The molecule has 7 nitrogen and oxygen atoms in total. The highest BCUT2D eigenvalue weighted by Crippen LogP contribution is 2.35. The molecule has 2 amide bonds. The third-order valence-corrected chi connectivity index (χ3v) is 3.01. The molecule has 126 valence electrons. The summed E-state index contributed by atoms with van der Waals surface area (Å²) in [7, 11) is 0. The molecule has 3 N–H and O–H groups in total. The Morgan fingerprint density at radius 1 is 1.30 bits per heavy atom. The summed E-state index contributed by atoms with van der Waals surface area (Å²) in [6.07, 6.45) is -0.964. The molecule has 0 aromatic heterocycles. The molecular formula is C16H22N2O5. The van der Waals surface area contributed by atoms with E-state index < -0.39 is 23.9 Å². The smallest absolute Gasteiger partial charge is 0.407 e. The largest absolute Gasteiger partial charge is 0.444 e. The highest BCUT2D eigenvalue weighted by atomic mass is 16.7. The number of rotatable bonds is 4. The standard InChI is InChI=1S/C16H22N2O5/c1-9(18-15(20)23-16(2,3)4)7-10-5-6-11-12(8-10)22-14(21-11)13(17)19/h5-6,8-9,14H,7H2,1-4H3,(H2,17,19)(H,18,20). The SMILES string of the molecule is CC(Cc1ccc2c(c1)OC(C(N)=O)O2)NC(=O)OC(C)(C)C.